The van der Waals surface area contributed by atoms with Gasteiger partial charge in [-0.05, 0) is 79.6 Å². The molecule has 0 unspecified atom stereocenters. The van der Waals surface area contributed by atoms with Crippen molar-refractivity contribution in [1.29, 1.82) is 0 Å². The molecule has 2 aromatic rings. The number of carbonyl (C=O) groups is 3. The normalized spacial score (nSPS) is 26.9. The van der Waals surface area contributed by atoms with Gasteiger partial charge in [-0.25, -0.2) is 0 Å². The van der Waals surface area contributed by atoms with Gasteiger partial charge in [-0.3, -0.25) is 19.3 Å². The highest BCUT2D eigenvalue weighted by Crippen LogP contribution is 2.53. The van der Waals surface area contributed by atoms with Crippen molar-refractivity contribution in [3.05, 3.63) is 71.3 Å². The minimum Gasteiger partial charge on any atom is -0.322 e. The summed E-state index contributed by atoms with van der Waals surface area (Å²) in [6, 6.07) is 12.6. The Morgan fingerprint density at radius 1 is 0.897 bits per heavy atom. The van der Waals surface area contributed by atoms with E-state index in [2.05, 4.69) is 17.5 Å². The molecular weight excluding hydrogens is 364 g/mol. The molecule has 146 valence electrons. The van der Waals surface area contributed by atoms with Gasteiger partial charge in [0.25, 0.3) is 5.91 Å². The highest BCUT2D eigenvalue weighted by Gasteiger charge is 2.59. The van der Waals surface area contributed by atoms with Crippen molar-refractivity contribution in [2.45, 2.75) is 20.3 Å². The van der Waals surface area contributed by atoms with E-state index >= 15 is 0 Å². The van der Waals surface area contributed by atoms with E-state index in [1.54, 1.807) is 24.3 Å². The summed E-state index contributed by atoms with van der Waals surface area (Å²) in [6.45, 7) is 3.97. The third-order valence-electron chi connectivity index (χ3n) is 6.34. The highest BCUT2D eigenvalue weighted by molar-refractivity contribution is 6.23. The van der Waals surface area contributed by atoms with Crippen LogP contribution in [0.4, 0.5) is 11.4 Å². The molecule has 0 aromatic heterocycles. The SMILES string of the molecule is Cc1cc(C)cc(NC(=O)c2ccc(N3C(=O)[C@@H]4[C@H](C3=O)[C@H]3C=C[C@H]4C3)cc2)c1. The zero-order valence-electron chi connectivity index (χ0n) is 16.4. The first-order chi connectivity index (χ1) is 13.9. The van der Waals surface area contributed by atoms with Crippen molar-refractivity contribution >= 4 is 29.1 Å². The van der Waals surface area contributed by atoms with E-state index in [1.807, 2.05) is 32.0 Å². The molecule has 1 aliphatic heterocycles. The molecule has 2 bridgehead atoms. The number of nitrogens with zero attached hydrogens (tertiary/aromatic N) is 1. The Kier molecular flexibility index (Phi) is 3.95. The fourth-order valence-electron chi connectivity index (χ4n) is 5.17. The molecule has 3 aliphatic rings. The number of aryl methyl sites for hydroxylation is 2. The number of carbonyl (C=O) groups excluding carboxylic acids is 3. The Bertz CT molecular complexity index is 1020. The van der Waals surface area contributed by atoms with Gasteiger partial charge >= 0.3 is 0 Å². The first-order valence-corrected chi connectivity index (χ1v) is 9.98. The Hall–Kier alpha value is -3.21. The maximum Gasteiger partial charge on any atom is 0.255 e. The van der Waals surface area contributed by atoms with Crippen LogP contribution in [0.1, 0.15) is 27.9 Å². The summed E-state index contributed by atoms with van der Waals surface area (Å²) in [5.41, 5.74) is 3.93. The van der Waals surface area contributed by atoms with Gasteiger partial charge in [-0.1, -0.05) is 18.2 Å². The number of imide groups is 1. The van der Waals surface area contributed by atoms with Gasteiger partial charge in [0.1, 0.15) is 0 Å². The predicted octanol–water partition coefficient (Wildman–Crippen LogP) is 3.87. The number of hydrogen-bond donors (Lipinski definition) is 1. The lowest BCUT2D eigenvalue weighted by Gasteiger charge is -2.17. The number of rotatable bonds is 3. The zero-order chi connectivity index (χ0) is 20.3. The van der Waals surface area contributed by atoms with Gasteiger partial charge in [0, 0.05) is 11.3 Å². The molecule has 2 aromatic carbocycles. The number of benzene rings is 2. The predicted molar refractivity (Wildman–Crippen MR) is 111 cm³/mol. The quantitative estimate of drug-likeness (QED) is 0.643. The number of amides is 3. The average Bonchev–Trinajstić information content (AvgIpc) is 3.35. The van der Waals surface area contributed by atoms with Crippen molar-refractivity contribution in [2.24, 2.45) is 23.7 Å². The van der Waals surface area contributed by atoms with E-state index in [-0.39, 0.29) is 41.4 Å². The third kappa shape index (κ3) is 2.80. The number of fused-ring (bicyclic) bond motifs is 5. The topological polar surface area (TPSA) is 66.5 Å². The van der Waals surface area contributed by atoms with Crippen LogP contribution >= 0.6 is 0 Å². The molecule has 4 atom stereocenters. The Morgan fingerprint density at radius 3 is 2.00 bits per heavy atom. The maximum absolute atomic E-state index is 12.9. The van der Waals surface area contributed by atoms with E-state index in [0.29, 0.717) is 11.3 Å². The van der Waals surface area contributed by atoms with E-state index in [9.17, 15) is 14.4 Å². The summed E-state index contributed by atoms with van der Waals surface area (Å²) >= 11 is 0. The summed E-state index contributed by atoms with van der Waals surface area (Å²) in [5, 5.41) is 2.90. The van der Waals surface area contributed by atoms with Crippen LogP contribution in [0.2, 0.25) is 0 Å². The number of allylic oxidation sites excluding steroid dienone is 2. The summed E-state index contributed by atoms with van der Waals surface area (Å²) in [4.78, 5) is 39.7. The highest BCUT2D eigenvalue weighted by atomic mass is 16.2. The lowest BCUT2D eigenvalue weighted by atomic mass is 9.85. The van der Waals surface area contributed by atoms with Crippen molar-refractivity contribution in [1.82, 2.24) is 0 Å². The lowest BCUT2D eigenvalue weighted by molar-refractivity contribution is -0.123. The van der Waals surface area contributed by atoms with Gasteiger partial charge in [0.2, 0.25) is 11.8 Å². The van der Waals surface area contributed by atoms with E-state index in [0.717, 1.165) is 23.2 Å². The molecule has 1 heterocycles. The van der Waals surface area contributed by atoms with Crippen LogP contribution in [0.15, 0.2) is 54.6 Å². The summed E-state index contributed by atoms with van der Waals surface area (Å²) < 4.78 is 0. The van der Waals surface area contributed by atoms with E-state index in [4.69, 9.17) is 0 Å². The van der Waals surface area contributed by atoms with Crippen LogP contribution < -0.4 is 10.2 Å². The van der Waals surface area contributed by atoms with Gasteiger partial charge in [-0.15, -0.1) is 0 Å². The third-order valence-corrected chi connectivity index (χ3v) is 6.34. The Morgan fingerprint density at radius 2 is 1.45 bits per heavy atom. The van der Waals surface area contributed by atoms with Crippen LogP contribution in [0.25, 0.3) is 0 Å². The molecule has 2 fully saturated rings. The fraction of sp³-hybridized carbons (Fsp3) is 0.292. The van der Waals surface area contributed by atoms with Crippen LogP contribution in [0, 0.1) is 37.5 Å². The Labute approximate surface area is 169 Å². The molecule has 3 amide bonds. The van der Waals surface area contributed by atoms with Crippen molar-refractivity contribution in [3.8, 4) is 0 Å². The van der Waals surface area contributed by atoms with Crippen molar-refractivity contribution < 1.29 is 14.4 Å². The van der Waals surface area contributed by atoms with Crippen LogP contribution in [0.5, 0.6) is 0 Å². The van der Waals surface area contributed by atoms with Gasteiger partial charge in [0.05, 0.1) is 17.5 Å². The molecule has 1 N–H and O–H groups in total. The second-order valence-corrected chi connectivity index (χ2v) is 8.39. The molecule has 5 nitrogen and oxygen atoms in total. The molecular formula is C24H22N2O3. The molecule has 5 rings (SSSR count). The molecule has 0 spiro atoms. The van der Waals surface area contributed by atoms with Crippen LogP contribution in [-0.4, -0.2) is 17.7 Å². The van der Waals surface area contributed by atoms with Gasteiger partial charge in [-0.2, -0.15) is 0 Å². The first-order valence-electron chi connectivity index (χ1n) is 9.98. The monoisotopic (exact) mass is 386 g/mol. The minimum atomic E-state index is -0.222. The zero-order valence-corrected chi connectivity index (χ0v) is 16.4. The van der Waals surface area contributed by atoms with E-state index in [1.165, 1.54) is 4.90 Å². The standard InChI is InChI=1S/C24H22N2O3/c1-13-9-14(2)11-18(10-13)25-22(27)15-5-7-19(8-6-15)26-23(28)20-16-3-4-17(12-16)21(20)24(26)29/h3-11,16-17,20-21H,12H2,1-2H3,(H,25,27)/t16-,17-,20-,21+/m0/s1. The second-order valence-electron chi connectivity index (χ2n) is 8.39. The maximum atomic E-state index is 12.9. The summed E-state index contributed by atoms with van der Waals surface area (Å²) in [7, 11) is 0. The van der Waals surface area contributed by atoms with Gasteiger partial charge in [0.15, 0.2) is 0 Å². The summed E-state index contributed by atoms with van der Waals surface area (Å²) in [5.74, 6) is -0.494. The minimum absolute atomic E-state index is 0.107. The molecule has 2 aliphatic carbocycles. The largest absolute Gasteiger partial charge is 0.322 e. The van der Waals surface area contributed by atoms with Crippen LogP contribution in [-0.2, 0) is 9.59 Å². The van der Waals surface area contributed by atoms with Crippen molar-refractivity contribution in [2.75, 3.05) is 10.2 Å². The number of anilines is 2. The van der Waals surface area contributed by atoms with E-state index < -0.39 is 0 Å². The Balaban J connectivity index is 1.35. The van der Waals surface area contributed by atoms with Crippen LogP contribution in [0.3, 0.4) is 0 Å². The summed E-state index contributed by atoms with van der Waals surface area (Å²) in [6.07, 6.45) is 5.08. The molecule has 5 heteroatoms. The molecule has 1 saturated heterocycles. The number of nitrogens with one attached hydrogen (secondary N) is 1. The molecule has 29 heavy (non-hydrogen) atoms. The first kappa shape index (κ1) is 17.9. The fourth-order valence-corrected chi connectivity index (χ4v) is 5.17. The molecule has 0 radical (unpaired) electrons. The van der Waals surface area contributed by atoms with Gasteiger partial charge < -0.3 is 5.32 Å². The molecule has 1 saturated carbocycles. The number of hydrogen-bond acceptors (Lipinski definition) is 3. The second kappa shape index (κ2) is 6.41. The van der Waals surface area contributed by atoms with Crippen molar-refractivity contribution in [3.63, 3.8) is 0 Å². The smallest absolute Gasteiger partial charge is 0.255 e. The average molecular weight is 386 g/mol. The lowest BCUT2D eigenvalue weighted by Crippen LogP contribution is -2.32.